The van der Waals surface area contributed by atoms with E-state index in [2.05, 4.69) is 31.1 Å². The molecular formula is C21H31Cl2N7O2. The lowest BCUT2D eigenvalue weighted by Crippen LogP contribution is -2.40. The highest BCUT2D eigenvalue weighted by Crippen LogP contribution is 2.28. The molecular weight excluding hydrogens is 453 g/mol. The van der Waals surface area contributed by atoms with Gasteiger partial charge in [0.25, 0.3) is 5.91 Å². The van der Waals surface area contributed by atoms with Crippen molar-refractivity contribution in [3.63, 3.8) is 0 Å². The zero-order valence-electron chi connectivity index (χ0n) is 18.3. The van der Waals surface area contributed by atoms with Crippen LogP contribution in [0, 0.1) is 6.92 Å². The molecule has 0 spiro atoms. The van der Waals surface area contributed by atoms with E-state index < -0.39 is 0 Å². The number of guanidine groups is 1. The van der Waals surface area contributed by atoms with Crippen LogP contribution in [0.5, 0.6) is 0 Å². The predicted octanol–water partition coefficient (Wildman–Crippen LogP) is 2.86. The second-order valence-electron chi connectivity index (χ2n) is 8.09. The molecule has 0 bridgehead atoms. The molecule has 0 unspecified atom stereocenters. The molecule has 9 nitrogen and oxygen atoms in total. The van der Waals surface area contributed by atoms with Gasteiger partial charge in [-0.1, -0.05) is 24.5 Å². The highest BCUT2D eigenvalue weighted by molar-refractivity contribution is 5.97. The summed E-state index contributed by atoms with van der Waals surface area (Å²) in [5.41, 5.74) is 10.3. The average molecular weight is 484 g/mol. The van der Waals surface area contributed by atoms with E-state index in [0.717, 1.165) is 55.0 Å². The van der Waals surface area contributed by atoms with Gasteiger partial charge in [0, 0.05) is 11.4 Å². The number of halogens is 2. The van der Waals surface area contributed by atoms with E-state index in [0.29, 0.717) is 5.82 Å². The molecule has 2 atom stereocenters. The number of hydrogen-bond acceptors (Lipinski definition) is 6. The van der Waals surface area contributed by atoms with Gasteiger partial charge in [-0.3, -0.25) is 9.63 Å². The van der Waals surface area contributed by atoms with Crippen molar-refractivity contribution in [2.24, 2.45) is 10.7 Å². The summed E-state index contributed by atoms with van der Waals surface area (Å²) >= 11 is 0. The minimum absolute atomic E-state index is 0. The Morgan fingerprint density at radius 2 is 1.91 bits per heavy atom. The van der Waals surface area contributed by atoms with E-state index in [1.165, 1.54) is 7.11 Å². The third-order valence-electron chi connectivity index (χ3n) is 5.53. The Bertz CT molecular complexity index is 969. The number of nitrogens with one attached hydrogen (secondary N) is 3. The van der Waals surface area contributed by atoms with Crippen molar-refractivity contribution in [3.05, 3.63) is 29.6 Å². The summed E-state index contributed by atoms with van der Waals surface area (Å²) in [6.07, 6.45) is 6.07. The van der Waals surface area contributed by atoms with Crippen LogP contribution in [-0.2, 0) is 4.84 Å². The number of rotatable bonds is 6. The fourth-order valence-electron chi connectivity index (χ4n) is 3.85. The summed E-state index contributed by atoms with van der Waals surface area (Å²) in [5, 5.41) is 7.42. The second-order valence-corrected chi connectivity index (χ2v) is 8.09. The quantitative estimate of drug-likeness (QED) is 0.282. The molecule has 32 heavy (non-hydrogen) atoms. The molecule has 2 aliphatic carbocycles. The monoisotopic (exact) mass is 483 g/mol. The number of nitrogens with two attached hydrogens (primary N) is 1. The van der Waals surface area contributed by atoms with Crippen LogP contribution in [-0.4, -0.2) is 47.1 Å². The van der Waals surface area contributed by atoms with Gasteiger partial charge in [0.1, 0.15) is 5.82 Å². The molecule has 5 N–H and O–H groups in total. The number of carbonyl (C=O) groups is 1. The number of benzene rings is 1. The summed E-state index contributed by atoms with van der Waals surface area (Å²) in [6, 6.07) is 6.25. The normalized spacial score (nSPS) is 20.6. The molecule has 0 radical (unpaired) electrons. The average Bonchev–Trinajstić information content (AvgIpc) is 3.53. The minimum atomic E-state index is -0.227. The number of aromatic nitrogens is 2. The number of carbonyl (C=O) groups excluding carboxylic acids is 1. The number of nitrogens with zero attached hydrogens (tertiary/aromatic N) is 3. The highest BCUT2D eigenvalue weighted by Gasteiger charge is 2.28. The molecule has 176 valence electrons. The third-order valence-corrected chi connectivity index (χ3v) is 5.53. The maximum atomic E-state index is 12.6. The van der Waals surface area contributed by atoms with Crippen molar-refractivity contribution in [3.8, 4) is 0 Å². The summed E-state index contributed by atoms with van der Waals surface area (Å²) < 4.78 is 0. The largest absolute Gasteiger partial charge is 0.368 e. The zero-order chi connectivity index (χ0) is 21.1. The van der Waals surface area contributed by atoms with Gasteiger partial charge in [-0.15, -0.1) is 24.8 Å². The molecule has 1 heterocycles. The van der Waals surface area contributed by atoms with Crippen molar-refractivity contribution >= 4 is 53.4 Å². The SMILES string of the molecule is CONC(N)=N[C@@H]1CCCC[C@@H]1Nc1nc(C(=O)NC2CC2)nc2ccc(C)cc12.Cl.Cl. The Kier molecular flexibility index (Phi) is 9.30. The van der Waals surface area contributed by atoms with Gasteiger partial charge in [-0.2, -0.15) is 0 Å². The van der Waals surface area contributed by atoms with E-state index in [1.54, 1.807) is 0 Å². The standard InChI is InChI=1S/C21H29N7O2.2ClH/c1-12-7-10-15-14(11-12)18(27-19(24-15)20(29)23-13-8-9-13)25-16-5-3-4-6-17(16)26-21(22)28-30-2;;/h7,10-11,13,16-17H,3-6,8-9H2,1-2H3,(H,23,29)(H3,22,26,28)(H,24,25,27);2*1H/t16-,17+;;/m0../s1. The van der Waals surface area contributed by atoms with Crippen LogP contribution >= 0.6 is 24.8 Å². The number of anilines is 1. The number of hydrogen-bond donors (Lipinski definition) is 4. The lowest BCUT2D eigenvalue weighted by Gasteiger charge is -2.30. The van der Waals surface area contributed by atoms with Gasteiger partial charge >= 0.3 is 0 Å². The Morgan fingerprint density at radius 1 is 1.16 bits per heavy atom. The van der Waals surface area contributed by atoms with Crippen molar-refractivity contribution in [2.45, 2.75) is 63.6 Å². The van der Waals surface area contributed by atoms with Crippen molar-refractivity contribution in [1.29, 1.82) is 0 Å². The first-order chi connectivity index (χ1) is 14.5. The van der Waals surface area contributed by atoms with Crippen molar-refractivity contribution in [1.82, 2.24) is 20.8 Å². The van der Waals surface area contributed by atoms with E-state index in [4.69, 9.17) is 10.6 Å². The Labute approximate surface area is 200 Å². The van der Waals surface area contributed by atoms with Gasteiger partial charge in [0.05, 0.1) is 24.7 Å². The van der Waals surface area contributed by atoms with Crippen LogP contribution in [0.1, 0.15) is 54.7 Å². The summed E-state index contributed by atoms with van der Waals surface area (Å²) in [5.74, 6) is 0.881. The Hall–Kier alpha value is -2.36. The number of aryl methyl sites for hydroxylation is 1. The van der Waals surface area contributed by atoms with Gasteiger partial charge in [-0.25, -0.2) is 20.4 Å². The van der Waals surface area contributed by atoms with E-state index in [1.807, 2.05) is 25.1 Å². The van der Waals surface area contributed by atoms with E-state index >= 15 is 0 Å². The lowest BCUT2D eigenvalue weighted by molar-refractivity contribution is 0.0941. The molecule has 2 saturated carbocycles. The van der Waals surface area contributed by atoms with Crippen LogP contribution in [0.3, 0.4) is 0 Å². The van der Waals surface area contributed by atoms with E-state index in [-0.39, 0.29) is 60.6 Å². The topological polar surface area (TPSA) is 127 Å². The molecule has 11 heteroatoms. The van der Waals surface area contributed by atoms with Crippen LogP contribution < -0.4 is 21.8 Å². The van der Waals surface area contributed by atoms with Crippen LogP contribution in [0.15, 0.2) is 23.2 Å². The molecule has 2 aliphatic rings. The minimum Gasteiger partial charge on any atom is -0.368 e. The number of hydroxylamine groups is 1. The predicted molar refractivity (Wildman–Crippen MR) is 131 cm³/mol. The fourth-order valence-corrected chi connectivity index (χ4v) is 3.85. The molecule has 0 aliphatic heterocycles. The first-order valence-corrected chi connectivity index (χ1v) is 10.5. The molecule has 1 amide bonds. The van der Waals surface area contributed by atoms with Crippen molar-refractivity contribution in [2.75, 3.05) is 12.4 Å². The molecule has 0 saturated heterocycles. The molecule has 1 aromatic heterocycles. The Morgan fingerprint density at radius 3 is 2.62 bits per heavy atom. The molecule has 2 fully saturated rings. The maximum Gasteiger partial charge on any atom is 0.289 e. The molecule has 2 aromatic rings. The first kappa shape index (κ1) is 25.9. The zero-order valence-corrected chi connectivity index (χ0v) is 19.9. The van der Waals surface area contributed by atoms with Crippen molar-refractivity contribution < 1.29 is 9.63 Å². The van der Waals surface area contributed by atoms with Gasteiger partial charge in [0.2, 0.25) is 11.8 Å². The maximum absolute atomic E-state index is 12.6. The van der Waals surface area contributed by atoms with Gasteiger partial charge in [0.15, 0.2) is 0 Å². The highest BCUT2D eigenvalue weighted by atomic mass is 35.5. The molecule has 1 aromatic carbocycles. The van der Waals surface area contributed by atoms with Crippen LogP contribution in [0.2, 0.25) is 0 Å². The van der Waals surface area contributed by atoms with Gasteiger partial charge < -0.3 is 16.4 Å². The first-order valence-electron chi connectivity index (χ1n) is 10.5. The molecule has 4 rings (SSSR count). The smallest absolute Gasteiger partial charge is 0.289 e. The fraction of sp³-hybridized carbons (Fsp3) is 0.524. The van der Waals surface area contributed by atoms with E-state index in [9.17, 15) is 4.79 Å². The second kappa shape index (κ2) is 11.5. The van der Waals surface area contributed by atoms with Gasteiger partial charge in [-0.05, 0) is 44.7 Å². The number of amides is 1. The lowest BCUT2D eigenvalue weighted by atomic mass is 9.90. The Balaban J connectivity index is 0.00000181. The number of fused-ring (bicyclic) bond motifs is 1. The number of aliphatic imine (C=N–C) groups is 1. The van der Waals surface area contributed by atoms with Crippen LogP contribution in [0.25, 0.3) is 10.9 Å². The van der Waals surface area contributed by atoms with Crippen LogP contribution in [0.4, 0.5) is 5.82 Å². The third kappa shape index (κ3) is 6.34. The summed E-state index contributed by atoms with van der Waals surface area (Å²) in [6.45, 7) is 2.03. The summed E-state index contributed by atoms with van der Waals surface area (Å²) in [7, 11) is 1.50. The summed E-state index contributed by atoms with van der Waals surface area (Å²) in [4.78, 5) is 31.2.